The number of nitrogens with zero attached hydrogens (tertiary/aromatic N) is 1. The van der Waals surface area contributed by atoms with Crippen LogP contribution >= 0.6 is 23.4 Å². The van der Waals surface area contributed by atoms with Gasteiger partial charge < -0.3 is 0 Å². The highest BCUT2D eigenvalue weighted by atomic mass is 35.5. The molecule has 26 heavy (non-hydrogen) atoms. The van der Waals surface area contributed by atoms with Crippen LogP contribution in [0, 0.1) is 0 Å². The van der Waals surface area contributed by atoms with Crippen LogP contribution in [-0.2, 0) is 4.79 Å². The maximum Gasteiger partial charge on any atom is 0.266 e. The number of halogens is 1. The normalized spacial score (nSPS) is 18.5. The minimum atomic E-state index is -0.0790. The first-order valence-electron chi connectivity index (χ1n) is 8.30. The molecule has 1 fully saturated rings. The molecule has 128 valence electrons. The third kappa shape index (κ3) is 3.41. The highest BCUT2D eigenvalue weighted by molar-refractivity contribution is 8.05. The van der Waals surface area contributed by atoms with E-state index in [4.69, 9.17) is 11.6 Å². The van der Waals surface area contributed by atoms with Crippen molar-refractivity contribution in [2.75, 3.05) is 4.90 Å². The fourth-order valence-electron chi connectivity index (χ4n) is 2.93. The minimum Gasteiger partial charge on any atom is -0.291 e. The second kappa shape index (κ2) is 7.40. The van der Waals surface area contributed by atoms with E-state index in [1.165, 1.54) is 0 Å². The third-order valence-corrected chi connectivity index (χ3v) is 5.69. The van der Waals surface area contributed by atoms with Crippen LogP contribution in [0.15, 0.2) is 89.8 Å². The monoisotopic (exact) mass is 377 g/mol. The van der Waals surface area contributed by atoms with E-state index in [1.807, 2.05) is 83.8 Å². The molecular formula is C22H16ClNOS. The topological polar surface area (TPSA) is 20.3 Å². The molecule has 1 atom stereocenters. The molecule has 4 rings (SSSR count). The summed E-state index contributed by atoms with van der Waals surface area (Å²) < 4.78 is 0. The maximum absolute atomic E-state index is 13.2. The number of benzene rings is 3. The second-order valence-corrected chi connectivity index (χ2v) is 7.51. The number of para-hydroxylation sites is 1. The van der Waals surface area contributed by atoms with Gasteiger partial charge in [0.15, 0.2) is 0 Å². The Kier molecular flexibility index (Phi) is 4.83. The van der Waals surface area contributed by atoms with Gasteiger partial charge in [0.05, 0.1) is 4.91 Å². The summed E-state index contributed by atoms with van der Waals surface area (Å²) in [6.07, 6.45) is 1.93. The van der Waals surface area contributed by atoms with Gasteiger partial charge in [0.1, 0.15) is 5.37 Å². The van der Waals surface area contributed by atoms with Crippen molar-refractivity contribution >= 4 is 41.0 Å². The van der Waals surface area contributed by atoms with E-state index in [0.717, 1.165) is 21.7 Å². The van der Waals surface area contributed by atoms with Crippen molar-refractivity contribution in [1.29, 1.82) is 0 Å². The molecule has 1 unspecified atom stereocenters. The molecule has 4 heteroatoms. The van der Waals surface area contributed by atoms with E-state index in [-0.39, 0.29) is 11.3 Å². The first-order chi connectivity index (χ1) is 12.7. The average Bonchev–Trinajstić information content (AvgIpc) is 3.01. The van der Waals surface area contributed by atoms with Gasteiger partial charge in [0, 0.05) is 10.7 Å². The predicted molar refractivity (Wildman–Crippen MR) is 110 cm³/mol. The molecular weight excluding hydrogens is 362 g/mol. The fourth-order valence-corrected chi connectivity index (χ4v) is 4.32. The van der Waals surface area contributed by atoms with E-state index in [0.29, 0.717) is 5.02 Å². The van der Waals surface area contributed by atoms with Gasteiger partial charge in [-0.25, -0.2) is 0 Å². The lowest BCUT2D eigenvalue weighted by Gasteiger charge is -2.23. The molecule has 3 aromatic carbocycles. The quantitative estimate of drug-likeness (QED) is 0.509. The van der Waals surface area contributed by atoms with Crippen LogP contribution in [0.2, 0.25) is 5.02 Å². The number of carbonyl (C=O) groups excluding carboxylic acids is 1. The lowest BCUT2D eigenvalue weighted by molar-refractivity contribution is -0.114. The van der Waals surface area contributed by atoms with Crippen LogP contribution in [0.1, 0.15) is 16.5 Å². The molecule has 0 aliphatic carbocycles. The summed E-state index contributed by atoms with van der Waals surface area (Å²) in [5.74, 6) is 0.0185. The highest BCUT2D eigenvalue weighted by Crippen LogP contribution is 2.48. The number of thioether (sulfide) groups is 1. The summed E-state index contributed by atoms with van der Waals surface area (Å²) in [5, 5.41) is 0.607. The van der Waals surface area contributed by atoms with Crippen molar-refractivity contribution in [2.45, 2.75) is 5.37 Å². The molecule has 1 aliphatic heterocycles. The van der Waals surface area contributed by atoms with E-state index >= 15 is 0 Å². The molecule has 0 radical (unpaired) electrons. The number of anilines is 1. The number of rotatable bonds is 3. The van der Waals surface area contributed by atoms with Crippen LogP contribution in [0.4, 0.5) is 5.69 Å². The first kappa shape index (κ1) is 17.0. The van der Waals surface area contributed by atoms with E-state index in [9.17, 15) is 4.79 Å². The van der Waals surface area contributed by atoms with Crippen molar-refractivity contribution < 1.29 is 4.79 Å². The molecule has 1 amide bonds. The number of hydrogen-bond acceptors (Lipinski definition) is 2. The van der Waals surface area contributed by atoms with Gasteiger partial charge >= 0.3 is 0 Å². The second-order valence-electron chi connectivity index (χ2n) is 5.95. The Labute approximate surface area is 162 Å². The molecule has 0 aromatic heterocycles. The van der Waals surface area contributed by atoms with Gasteiger partial charge in [0.2, 0.25) is 0 Å². The van der Waals surface area contributed by atoms with Crippen LogP contribution in [0.3, 0.4) is 0 Å². The summed E-state index contributed by atoms with van der Waals surface area (Å²) >= 11 is 7.54. The summed E-state index contributed by atoms with van der Waals surface area (Å²) in [6, 6.07) is 27.4. The number of amides is 1. The van der Waals surface area contributed by atoms with E-state index in [1.54, 1.807) is 11.8 Å². The Balaban J connectivity index is 1.75. The number of hydrogen-bond donors (Lipinski definition) is 0. The van der Waals surface area contributed by atoms with Gasteiger partial charge in [-0.3, -0.25) is 9.69 Å². The first-order valence-corrected chi connectivity index (χ1v) is 9.55. The largest absolute Gasteiger partial charge is 0.291 e. The highest BCUT2D eigenvalue weighted by Gasteiger charge is 2.38. The van der Waals surface area contributed by atoms with Gasteiger partial charge in [-0.05, 0) is 41.5 Å². The Hall–Kier alpha value is -2.49. The van der Waals surface area contributed by atoms with Crippen LogP contribution in [0.5, 0.6) is 0 Å². The van der Waals surface area contributed by atoms with Crippen molar-refractivity contribution in [2.24, 2.45) is 0 Å². The summed E-state index contributed by atoms with van der Waals surface area (Å²) in [5.41, 5.74) is 2.97. The molecule has 0 saturated carbocycles. The maximum atomic E-state index is 13.2. The zero-order chi connectivity index (χ0) is 17.9. The Morgan fingerprint density at radius 2 is 1.46 bits per heavy atom. The average molecular weight is 378 g/mol. The van der Waals surface area contributed by atoms with Crippen molar-refractivity contribution in [1.82, 2.24) is 0 Å². The molecule has 1 saturated heterocycles. The van der Waals surface area contributed by atoms with E-state index < -0.39 is 0 Å². The van der Waals surface area contributed by atoms with Gasteiger partial charge in [-0.15, -0.1) is 0 Å². The predicted octanol–water partition coefficient (Wildman–Crippen LogP) is 6.16. The molecule has 0 N–H and O–H groups in total. The van der Waals surface area contributed by atoms with E-state index in [2.05, 4.69) is 12.1 Å². The third-order valence-electron chi connectivity index (χ3n) is 4.19. The zero-order valence-corrected chi connectivity index (χ0v) is 15.5. The molecule has 2 nitrogen and oxygen atoms in total. The van der Waals surface area contributed by atoms with Crippen LogP contribution in [-0.4, -0.2) is 5.91 Å². The Morgan fingerprint density at radius 1 is 0.846 bits per heavy atom. The van der Waals surface area contributed by atoms with Crippen molar-refractivity contribution in [3.8, 4) is 0 Å². The minimum absolute atomic E-state index is 0.0185. The summed E-state index contributed by atoms with van der Waals surface area (Å²) in [6.45, 7) is 0. The summed E-state index contributed by atoms with van der Waals surface area (Å²) in [7, 11) is 0. The van der Waals surface area contributed by atoms with Crippen molar-refractivity contribution in [3.63, 3.8) is 0 Å². The molecule has 1 heterocycles. The standard InChI is InChI=1S/C22H16ClNOS/c23-18-13-11-16(12-14-18)15-20-21(25)24(19-9-5-2-6-10-19)22(26-20)17-7-3-1-4-8-17/h1-15,22H. The molecule has 1 aliphatic rings. The Morgan fingerprint density at radius 3 is 2.12 bits per heavy atom. The lowest BCUT2D eigenvalue weighted by Crippen LogP contribution is -2.27. The van der Waals surface area contributed by atoms with Crippen LogP contribution < -0.4 is 4.90 Å². The van der Waals surface area contributed by atoms with Gasteiger partial charge in [-0.2, -0.15) is 0 Å². The smallest absolute Gasteiger partial charge is 0.266 e. The lowest BCUT2D eigenvalue weighted by atomic mass is 10.1. The fraction of sp³-hybridized carbons (Fsp3) is 0.0455. The SMILES string of the molecule is O=C1C(=Cc2ccc(Cl)cc2)SC(c2ccccc2)N1c1ccccc1. The molecule has 0 bridgehead atoms. The zero-order valence-electron chi connectivity index (χ0n) is 13.9. The van der Waals surface area contributed by atoms with Crippen LogP contribution in [0.25, 0.3) is 6.08 Å². The Bertz CT molecular complexity index is 939. The number of carbonyl (C=O) groups is 1. The van der Waals surface area contributed by atoms with Gasteiger partial charge in [-0.1, -0.05) is 84.0 Å². The summed E-state index contributed by atoms with van der Waals surface area (Å²) in [4.78, 5) is 15.8. The van der Waals surface area contributed by atoms with Crippen molar-refractivity contribution in [3.05, 3.63) is 106 Å². The molecule has 0 spiro atoms. The van der Waals surface area contributed by atoms with Gasteiger partial charge in [0.25, 0.3) is 5.91 Å². The molecule has 3 aromatic rings.